The minimum atomic E-state index is -2.80. The normalized spacial score (nSPS) is 13.4. The van der Waals surface area contributed by atoms with Crippen molar-refractivity contribution < 1.29 is 34.4 Å². The molecule has 0 unspecified atom stereocenters. The third-order valence-corrected chi connectivity index (χ3v) is 11.1. The van der Waals surface area contributed by atoms with Crippen LogP contribution >= 0.6 is 0 Å². The fraction of sp³-hybridized carbons (Fsp3) is 0.143. The second-order valence-corrected chi connectivity index (χ2v) is 16.3. The van der Waals surface area contributed by atoms with Gasteiger partial charge >= 0.3 is 0 Å². The first-order valence-corrected chi connectivity index (χ1v) is 20.2. The summed E-state index contributed by atoms with van der Waals surface area (Å²) in [7, 11) is 0. The largest absolute Gasteiger partial charge is 0.507 e. The molecule has 0 aliphatic rings. The zero-order valence-corrected chi connectivity index (χ0v) is 36.6. The van der Waals surface area contributed by atoms with Gasteiger partial charge in [-0.25, -0.2) is 4.98 Å². The number of benzene rings is 7. The van der Waals surface area contributed by atoms with E-state index in [1.54, 1.807) is 18.2 Å². The molecule has 0 aliphatic carbocycles. The van der Waals surface area contributed by atoms with Crippen LogP contribution in [0.2, 0.25) is 0 Å². The Labute approximate surface area is 382 Å². The fourth-order valence-electron chi connectivity index (χ4n) is 8.08. The summed E-state index contributed by atoms with van der Waals surface area (Å²) in [5.74, 6) is -1.18. The number of phenols is 1. The van der Waals surface area contributed by atoms with E-state index in [9.17, 15) is 5.11 Å². The van der Waals surface area contributed by atoms with E-state index in [0.29, 0.717) is 33.7 Å². The molecule has 2 heterocycles. The van der Waals surface area contributed by atoms with Gasteiger partial charge in [0.25, 0.3) is 0 Å². The third-order valence-electron chi connectivity index (χ3n) is 11.1. The number of pyridine rings is 1. The molecule has 61 heavy (non-hydrogen) atoms. The SMILES string of the molecule is [2H]C([2H])([2H])C(c1ccc(-n2c(-c3cc(C)cc(C(C)(C)C)c3O)nc3c(-c4[c-]c(-c5cc(-c6ccccc6)ccn5)cc(-c5ccccc5)c4)cccc32)c(-c2ccccc2)c1)C([2H])([2H])[2H].[Pt]. The zero-order chi connectivity index (χ0) is 46.5. The van der Waals surface area contributed by atoms with Gasteiger partial charge in [0.05, 0.1) is 22.3 Å². The quantitative estimate of drug-likeness (QED) is 0.154. The maximum Gasteiger partial charge on any atom is 0.148 e. The van der Waals surface area contributed by atoms with Crippen molar-refractivity contribution >= 4 is 11.0 Å². The molecule has 0 saturated carbocycles. The van der Waals surface area contributed by atoms with E-state index in [0.717, 1.165) is 61.3 Å². The van der Waals surface area contributed by atoms with Crippen molar-refractivity contribution in [1.29, 1.82) is 0 Å². The zero-order valence-electron chi connectivity index (χ0n) is 40.3. The Morgan fingerprint density at radius 3 is 1.95 bits per heavy atom. The van der Waals surface area contributed by atoms with Crippen LogP contribution in [-0.4, -0.2) is 19.6 Å². The minimum absolute atomic E-state index is 0. The van der Waals surface area contributed by atoms with Gasteiger partial charge in [-0.05, 0) is 82.0 Å². The van der Waals surface area contributed by atoms with Crippen LogP contribution in [0.1, 0.15) is 65.3 Å². The predicted octanol–water partition coefficient (Wildman–Crippen LogP) is 14.7. The summed E-state index contributed by atoms with van der Waals surface area (Å²) in [5, 5.41) is 12.3. The molecule has 2 aromatic heterocycles. The molecule has 7 aromatic carbocycles. The molecule has 0 spiro atoms. The van der Waals surface area contributed by atoms with Gasteiger partial charge in [0.1, 0.15) is 11.6 Å². The smallest absolute Gasteiger partial charge is 0.148 e. The minimum Gasteiger partial charge on any atom is -0.507 e. The monoisotopic (exact) mass is 979 g/mol. The van der Waals surface area contributed by atoms with Crippen LogP contribution in [0.3, 0.4) is 0 Å². The van der Waals surface area contributed by atoms with Crippen LogP contribution in [0, 0.1) is 13.0 Å². The Morgan fingerprint density at radius 2 is 1.28 bits per heavy atom. The predicted molar refractivity (Wildman–Crippen MR) is 250 cm³/mol. The van der Waals surface area contributed by atoms with Gasteiger partial charge in [0, 0.05) is 52.3 Å². The number of fused-ring (bicyclic) bond motifs is 1. The summed E-state index contributed by atoms with van der Waals surface area (Å²) in [6.45, 7) is 2.56. The fourth-order valence-corrected chi connectivity index (χ4v) is 8.08. The molecule has 0 radical (unpaired) electrons. The molecule has 0 fully saturated rings. The van der Waals surface area contributed by atoms with Gasteiger partial charge in [-0.1, -0.05) is 172 Å². The Morgan fingerprint density at radius 1 is 0.623 bits per heavy atom. The molecule has 0 atom stereocenters. The summed E-state index contributed by atoms with van der Waals surface area (Å²) in [5.41, 5.74) is 12.5. The van der Waals surface area contributed by atoms with E-state index in [4.69, 9.17) is 18.2 Å². The van der Waals surface area contributed by atoms with Gasteiger partial charge in [0.2, 0.25) is 0 Å². The van der Waals surface area contributed by atoms with Gasteiger partial charge < -0.3 is 5.11 Å². The summed E-state index contributed by atoms with van der Waals surface area (Å²) in [6.07, 6.45) is 1.82. The topological polar surface area (TPSA) is 50.9 Å². The van der Waals surface area contributed by atoms with E-state index in [1.807, 2.05) is 121 Å². The van der Waals surface area contributed by atoms with E-state index in [2.05, 4.69) is 69.3 Å². The maximum atomic E-state index is 12.3. The van der Waals surface area contributed by atoms with Crippen molar-refractivity contribution in [3.05, 3.63) is 193 Å². The number of aromatic nitrogens is 3. The standard InChI is InChI=1S/C56H48N3O.Pt/c1-36(2)41-25-26-51(47(34-41)40-21-14-9-15-22-40)59-52-24-16-23-46(53(52)58-55(59)48-29-37(3)30-49(54(48)60)56(4,5)6)44-31-43(39-19-12-8-13-20-39)32-45(33-44)50-35-42(27-28-57-50)38-17-10-7-11-18-38;/h7-32,34-36,60H,1-6H3;/q-1;/i1D3,2D3;. The van der Waals surface area contributed by atoms with Gasteiger partial charge in [-0.2, -0.15) is 0 Å². The van der Waals surface area contributed by atoms with Crippen LogP contribution in [0.15, 0.2) is 170 Å². The molecule has 0 aliphatic heterocycles. The molecule has 9 aromatic rings. The Kier molecular flexibility index (Phi) is 9.55. The average Bonchev–Trinajstić information content (AvgIpc) is 3.68. The van der Waals surface area contributed by atoms with Crippen LogP contribution < -0.4 is 0 Å². The number of imidazole rings is 1. The molecule has 9 rings (SSSR count). The molecule has 0 saturated heterocycles. The summed E-state index contributed by atoms with van der Waals surface area (Å²) in [6, 6.07) is 56.9. The van der Waals surface area contributed by atoms with Crippen LogP contribution in [-0.2, 0) is 26.5 Å². The molecule has 0 amide bonds. The molecule has 4 nitrogen and oxygen atoms in total. The van der Waals surface area contributed by atoms with Crippen molar-refractivity contribution in [2.45, 2.75) is 52.7 Å². The van der Waals surface area contributed by atoms with Crippen LogP contribution in [0.4, 0.5) is 0 Å². The molecular formula is C56H48N3OPt-. The summed E-state index contributed by atoms with van der Waals surface area (Å²) in [4.78, 5) is 10.3. The first-order valence-electron chi connectivity index (χ1n) is 23.2. The van der Waals surface area contributed by atoms with Gasteiger partial charge in [-0.15, -0.1) is 23.8 Å². The Bertz CT molecular complexity index is 3220. The second-order valence-electron chi connectivity index (χ2n) is 16.3. The number of nitrogens with zero attached hydrogens (tertiary/aromatic N) is 3. The number of hydrogen-bond acceptors (Lipinski definition) is 3. The number of rotatable bonds is 8. The van der Waals surface area contributed by atoms with E-state index >= 15 is 0 Å². The van der Waals surface area contributed by atoms with Gasteiger partial charge in [-0.3, -0.25) is 9.55 Å². The number of phenolic OH excluding ortho intramolecular Hbond substituents is 1. The number of aromatic hydroxyl groups is 1. The van der Waals surface area contributed by atoms with Crippen LogP contribution in [0.5, 0.6) is 5.75 Å². The van der Waals surface area contributed by atoms with Crippen molar-refractivity contribution in [3.63, 3.8) is 0 Å². The molecule has 304 valence electrons. The van der Waals surface area contributed by atoms with Crippen molar-refractivity contribution in [1.82, 2.24) is 14.5 Å². The summed E-state index contributed by atoms with van der Waals surface area (Å²) >= 11 is 0. The average molecular weight is 980 g/mol. The van der Waals surface area contributed by atoms with Crippen LogP contribution in [0.25, 0.3) is 83.9 Å². The van der Waals surface area contributed by atoms with Crippen molar-refractivity contribution in [2.24, 2.45) is 0 Å². The Balaban J connectivity index is 0.00000608. The number of para-hydroxylation sites is 1. The molecule has 5 heteroatoms. The van der Waals surface area contributed by atoms with E-state index < -0.39 is 25.0 Å². The number of hydrogen-bond donors (Lipinski definition) is 1. The first kappa shape index (κ1) is 34.4. The van der Waals surface area contributed by atoms with E-state index in [1.165, 1.54) is 0 Å². The van der Waals surface area contributed by atoms with Gasteiger partial charge in [0.15, 0.2) is 0 Å². The molecule has 1 N–H and O–H groups in total. The molecular weight excluding hydrogens is 926 g/mol. The Hall–Kier alpha value is -6.35. The first-order chi connectivity index (χ1) is 31.5. The third kappa shape index (κ3) is 8.13. The van der Waals surface area contributed by atoms with Crippen molar-refractivity contribution in [2.75, 3.05) is 0 Å². The summed E-state index contributed by atoms with van der Waals surface area (Å²) < 4.78 is 52.0. The number of aryl methyl sites for hydroxylation is 1. The molecule has 0 bridgehead atoms. The van der Waals surface area contributed by atoms with Crippen molar-refractivity contribution in [3.8, 4) is 78.6 Å². The maximum absolute atomic E-state index is 12.3. The second kappa shape index (κ2) is 17.0. The van der Waals surface area contributed by atoms with E-state index in [-0.39, 0.29) is 32.4 Å².